The van der Waals surface area contributed by atoms with E-state index in [1.807, 2.05) is 7.05 Å². The van der Waals surface area contributed by atoms with Crippen LogP contribution in [-0.2, 0) is 0 Å². The fourth-order valence-corrected chi connectivity index (χ4v) is 2.74. The van der Waals surface area contributed by atoms with Crippen LogP contribution in [0, 0.1) is 11.7 Å². The molecule has 1 heterocycles. The highest BCUT2D eigenvalue weighted by atomic mass is 19.1. The molecule has 116 valence electrons. The van der Waals surface area contributed by atoms with Gasteiger partial charge in [-0.25, -0.2) is 4.39 Å². The largest absolute Gasteiger partial charge is 0.497 e. The Hall–Kier alpha value is -1.62. The summed E-state index contributed by atoms with van der Waals surface area (Å²) in [6.45, 7) is 2.42. The zero-order valence-electron chi connectivity index (χ0n) is 12.7. The molecule has 0 bridgehead atoms. The number of amides is 1. The Kier molecular flexibility index (Phi) is 5.56. The Balaban J connectivity index is 1.95. The number of nitrogens with zero attached hydrogens (tertiary/aromatic N) is 1. The topological polar surface area (TPSA) is 41.6 Å². The quantitative estimate of drug-likeness (QED) is 0.906. The number of carbonyl (C=O) groups excluding carboxylic acids is 1. The van der Waals surface area contributed by atoms with Crippen LogP contribution in [-0.4, -0.2) is 44.6 Å². The van der Waals surface area contributed by atoms with E-state index in [4.69, 9.17) is 4.74 Å². The first kappa shape index (κ1) is 15.8. The second-order valence-electron chi connectivity index (χ2n) is 5.47. The Morgan fingerprint density at radius 2 is 2.14 bits per heavy atom. The number of halogens is 1. The van der Waals surface area contributed by atoms with Gasteiger partial charge in [0, 0.05) is 19.2 Å². The van der Waals surface area contributed by atoms with Gasteiger partial charge in [-0.05, 0) is 50.9 Å². The van der Waals surface area contributed by atoms with Crippen LogP contribution in [0.4, 0.5) is 4.39 Å². The number of likely N-dealkylation sites (tertiary alicyclic amines) is 1. The summed E-state index contributed by atoms with van der Waals surface area (Å²) in [5.74, 6) is 0.343. The van der Waals surface area contributed by atoms with E-state index < -0.39 is 5.82 Å². The second kappa shape index (κ2) is 7.41. The van der Waals surface area contributed by atoms with E-state index in [9.17, 15) is 9.18 Å². The number of hydrogen-bond acceptors (Lipinski definition) is 3. The predicted octanol–water partition coefficient (Wildman–Crippen LogP) is 2.30. The monoisotopic (exact) mass is 294 g/mol. The van der Waals surface area contributed by atoms with E-state index in [2.05, 4.69) is 5.32 Å². The maximum absolute atomic E-state index is 13.9. The van der Waals surface area contributed by atoms with Gasteiger partial charge in [-0.3, -0.25) is 4.79 Å². The minimum Gasteiger partial charge on any atom is -0.497 e. The van der Waals surface area contributed by atoms with E-state index in [0.29, 0.717) is 24.8 Å². The molecule has 0 aliphatic carbocycles. The van der Waals surface area contributed by atoms with Crippen molar-refractivity contribution in [1.29, 1.82) is 0 Å². The maximum atomic E-state index is 13.9. The molecule has 1 fully saturated rings. The van der Waals surface area contributed by atoms with Crippen LogP contribution in [0.3, 0.4) is 0 Å². The number of piperidine rings is 1. The summed E-state index contributed by atoms with van der Waals surface area (Å²) in [4.78, 5) is 14.1. The van der Waals surface area contributed by atoms with Gasteiger partial charge in [0.05, 0.1) is 12.7 Å². The lowest BCUT2D eigenvalue weighted by atomic mass is 9.93. The Morgan fingerprint density at radius 3 is 2.71 bits per heavy atom. The molecule has 1 saturated heterocycles. The second-order valence-corrected chi connectivity index (χ2v) is 5.47. The molecule has 2 rings (SSSR count). The van der Waals surface area contributed by atoms with Gasteiger partial charge in [0.2, 0.25) is 0 Å². The van der Waals surface area contributed by atoms with E-state index in [0.717, 1.165) is 25.8 Å². The fraction of sp³-hybridized carbons (Fsp3) is 0.562. The molecular formula is C16H23FN2O2. The van der Waals surface area contributed by atoms with Crippen molar-refractivity contribution in [3.63, 3.8) is 0 Å². The SMILES string of the molecule is CNCCC1CCN(C(=O)c2ccc(OC)cc2F)CC1. The van der Waals surface area contributed by atoms with Gasteiger partial charge in [-0.15, -0.1) is 0 Å². The summed E-state index contributed by atoms with van der Waals surface area (Å²) < 4.78 is 18.9. The van der Waals surface area contributed by atoms with E-state index in [1.165, 1.54) is 19.2 Å². The van der Waals surface area contributed by atoms with Crippen LogP contribution in [0.1, 0.15) is 29.6 Å². The molecule has 0 atom stereocenters. The molecular weight excluding hydrogens is 271 g/mol. The number of nitrogens with one attached hydrogen (secondary N) is 1. The van der Waals surface area contributed by atoms with Gasteiger partial charge in [0.25, 0.3) is 5.91 Å². The van der Waals surface area contributed by atoms with Crippen molar-refractivity contribution in [2.45, 2.75) is 19.3 Å². The summed E-state index contributed by atoms with van der Waals surface area (Å²) in [5.41, 5.74) is 0.129. The van der Waals surface area contributed by atoms with Crippen LogP contribution < -0.4 is 10.1 Å². The van der Waals surface area contributed by atoms with Crippen LogP contribution in [0.15, 0.2) is 18.2 Å². The van der Waals surface area contributed by atoms with Crippen LogP contribution in [0.25, 0.3) is 0 Å². The van der Waals surface area contributed by atoms with Gasteiger partial charge in [-0.1, -0.05) is 0 Å². The lowest BCUT2D eigenvalue weighted by Crippen LogP contribution is -2.39. The molecule has 0 radical (unpaired) electrons. The summed E-state index contributed by atoms with van der Waals surface area (Å²) in [5, 5.41) is 3.15. The number of methoxy groups -OCH3 is 1. The summed E-state index contributed by atoms with van der Waals surface area (Å²) in [6.07, 6.45) is 3.12. The molecule has 1 N–H and O–H groups in total. The average molecular weight is 294 g/mol. The maximum Gasteiger partial charge on any atom is 0.256 e. The van der Waals surface area contributed by atoms with Crippen molar-refractivity contribution in [2.24, 2.45) is 5.92 Å². The first-order valence-electron chi connectivity index (χ1n) is 7.43. The number of rotatable bonds is 5. The average Bonchev–Trinajstić information content (AvgIpc) is 2.52. The lowest BCUT2D eigenvalue weighted by molar-refractivity contribution is 0.0682. The molecule has 1 aliphatic rings. The Morgan fingerprint density at radius 1 is 1.43 bits per heavy atom. The number of benzene rings is 1. The number of carbonyl (C=O) groups is 1. The highest BCUT2D eigenvalue weighted by Gasteiger charge is 2.25. The summed E-state index contributed by atoms with van der Waals surface area (Å²) in [7, 11) is 3.43. The standard InChI is InChI=1S/C16H23FN2O2/c1-18-8-5-12-6-9-19(10-7-12)16(20)14-4-3-13(21-2)11-15(14)17/h3-4,11-12,18H,5-10H2,1-2H3. The summed E-state index contributed by atoms with van der Waals surface area (Å²) >= 11 is 0. The van der Waals surface area contributed by atoms with Crippen molar-refractivity contribution in [1.82, 2.24) is 10.2 Å². The Labute approximate surface area is 125 Å². The molecule has 1 aromatic rings. The highest BCUT2D eigenvalue weighted by Crippen LogP contribution is 2.23. The van der Waals surface area contributed by atoms with Crippen LogP contribution in [0.2, 0.25) is 0 Å². The smallest absolute Gasteiger partial charge is 0.256 e. The molecule has 0 spiro atoms. The molecule has 5 heteroatoms. The van der Waals surface area contributed by atoms with Gasteiger partial charge in [0.15, 0.2) is 0 Å². The van der Waals surface area contributed by atoms with E-state index in [1.54, 1.807) is 11.0 Å². The number of hydrogen-bond donors (Lipinski definition) is 1. The van der Waals surface area contributed by atoms with Crippen LogP contribution in [0.5, 0.6) is 5.75 Å². The molecule has 21 heavy (non-hydrogen) atoms. The first-order valence-corrected chi connectivity index (χ1v) is 7.43. The third-order valence-electron chi connectivity index (χ3n) is 4.11. The molecule has 4 nitrogen and oxygen atoms in total. The number of ether oxygens (including phenoxy) is 1. The van der Waals surface area contributed by atoms with E-state index >= 15 is 0 Å². The van der Waals surface area contributed by atoms with Gasteiger partial charge < -0.3 is 15.0 Å². The van der Waals surface area contributed by atoms with Crippen molar-refractivity contribution in [2.75, 3.05) is 33.8 Å². The fourth-order valence-electron chi connectivity index (χ4n) is 2.74. The molecule has 0 unspecified atom stereocenters. The minimum atomic E-state index is -0.517. The van der Waals surface area contributed by atoms with Gasteiger partial charge >= 0.3 is 0 Å². The molecule has 1 aromatic carbocycles. The molecule has 0 aromatic heterocycles. The third kappa shape index (κ3) is 3.94. The van der Waals surface area contributed by atoms with Gasteiger partial charge in [-0.2, -0.15) is 0 Å². The molecule has 1 aliphatic heterocycles. The third-order valence-corrected chi connectivity index (χ3v) is 4.11. The Bertz CT molecular complexity index is 485. The minimum absolute atomic E-state index is 0.129. The van der Waals surface area contributed by atoms with Crippen molar-refractivity contribution in [3.05, 3.63) is 29.6 Å². The summed E-state index contributed by atoms with van der Waals surface area (Å²) in [6, 6.07) is 4.38. The van der Waals surface area contributed by atoms with E-state index in [-0.39, 0.29) is 11.5 Å². The first-order chi connectivity index (χ1) is 10.2. The van der Waals surface area contributed by atoms with Crippen molar-refractivity contribution < 1.29 is 13.9 Å². The zero-order chi connectivity index (χ0) is 15.2. The predicted molar refractivity (Wildman–Crippen MR) is 80.1 cm³/mol. The highest BCUT2D eigenvalue weighted by molar-refractivity contribution is 5.94. The van der Waals surface area contributed by atoms with Gasteiger partial charge in [0.1, 0.15) is 11.6 Å². The molecule has 1 amide bonds. The lowest BCUT2D eigenvalue weighted by Gasteiger charge is -2.32. The zero-order valence-corrected chi connectivity index (χ0v) is 12.7. The van der Waals surface area contributed by atoms with Crippen LogP contribution >= 0.6 is 0 Å². The van der Waals surface area contributed by atoms with Crippen molar-refractivity contribution >= 4 is 5.91 Å². The molecule has 0 saturated carbocycles. The van der Waals surface area contributed by atoms with Crippen molar-refractivity contribution in [3.8, 4) is 5.75 Å². The normalized spacial score (nSPS) is 16.0.